The Kier molecular flexibility index (Phi) is 2.55. The first-order valence-corrected chi connectivity index (χ1v) is 5.57. The van der Waals surface area contributed by atoms with E-state index in [0.717, 1.165) is 6.07 Å². The van der Waals surface area contributed by atoms with Crippen LogP contribution in [-0.2, 0) is 9.05 Å². The molecule has 0 N–H and O–H groups in total. The summed E-state index contributed by atoms with van der Waals surface area (Å²) in [4.78, 5) is 3.59. The second-order valence-electron chi connectivity index (χ2n) is 2.39. The predicted molar refractivity (Wildman–Crippen MR) is 46.7 cm³/mol. The minimum absolute atomic E-state index is 0.259. The topological polar surface area (TPSA) is 70.8 Å². The summed E-state index contributed by atoms with van der Waals surface area (Å²) in [6, 6.07) is 3.00. The van der Waals surface area contributed by atoms with Gasteiger partial charge < -0.3 is 0 Å². The maximum absolute atomic E-state index is 10.8. The van der Waals surface area contributed by atoms with Crippen LogP contribution < -0.4 is 0 Å². The van der Waals surface area contributed by atoms with Gasteiger partial charge in [0, 0.05) is 16.9 Å². The molecule has 6 heteroatoms. The van der Waals surface area contributed by atoms with Crippen molar-refractivity contribution < 1.29 is 8.42 Å². The molecule has 0 saturated heterocycles. The Bertz CT molecular complexity index is 476. The summed E-state index contributed by atoms with van der Waals surface area (Å²) in [5, 5.41) is 8.30. The molecule has 0 aromatic carbocycles. The van der Waals surface area contributed by atoms with Gasteiger partial charge in [0.25, 0.3) is 9.05 Å². The molecule has 1 aromatic heterocycles. The van der Waals surface area contributed by atoms with Crippen LogP contribution in [-0.4, -0.2) is 13.4 Å². The van der Waals surface area contributed by atoms with Crippen LogP contribution in [0.15, 0.2) is 17.3 Å². The third kappa shape index (κ3) is 2.17. The van der Waals surface area contributed by atoms with Crippen LogP contribution in [0.5, 0.6) is 0 Å². The molecule has 1 rings (SSSR count). The molecule has 0 aliphatic rings. The summed E-state index contributed by atoms with van der Waals surface area (Å²) in [5.41, 5.74) is 0.876. The van der Waals surface area contributed by atoms with Gasteiger partial charge in [0.2, 0.25) is 0 Å². The van der Waals surface area contributed by atoms with Gasteiger partial charge in [0.05, 0.1) is 11.6 Å². The first kappa shape index (κ1) is 9.96. The highest BCUT2D eigenvalue weighted by Gasteiger charge is 2.13. The fourth-order valence-electron chi connectivity index (χ4n) is 0.758. The van der Waals surface area contributed by atoms with Crippen LogP contribution in [0.25, 0.3) is 0 Å². The van der Waals surface area contributed by atoms with Crippen LogP contribution in [0.3, 0.4) is 0 Å². The van der Waals surface area contributed by atoms with Crippen molar-refractivity contribution in [3.8, 4) is 6.07 Å². The number of nitriles is 1. The van der Waals surface area contributed by atoms with E-state index in [1.54, 1.807) is 6.92 Å². The molecular formula is C7H5ClN2O2S. The summed E-state index contributed by atoms with van der Waals surface area (Å²) >= 11 is 0. The first-order chi connectivity index (χ1) is 5.95. The van der Waals surface area contributed by atoms with Gasteiger partial charge in [-0.2, -0.15) is 5.26 Å². The van der Waals surface area contributed by atoms with E-state index in [4.69, 9.17) is 15.9 Å². The third-order valence-corrected chi connectivity index (χ3v) is 2.65. The SMILES string of the molecule is Cc1cnc(S(=O)(=O)Cl)cc1C#N. The van der Waals surface area contributed by atoms with E-state index in [-0.39, 0.29) is 10.6 Å². The molecule has 0 fully saturated rings. The molecule has 0 aliphatic heterocycles. The number of nitrogens with zero attached hydrogens (tertiary/aromatic N) is 2. The largest absolute Gasteiger partial charge is 0.278 e. The lowest BCUT2D eigenvalue weighted by Crippen LogP contribution is -1.96. The summed E-state index contributed by atoms with van der Waals surface area (Å²) in [6.07, 6.45) is 1.30. The Labute approximate surface area is 80.2 Å². The molecule has 4 nitrogen and oxygen atoms in total. The second kappa shape index (κ2) is 3.32. The average molecular weight is 217 g/mol. The van der Waals surface area contributed by atoms with E-state index in [1.807, 2.05) is 6.07 Å². The molecule has 0 atom stereocenters. The first-order valence-electron chi connectivity index (χ1n) is 3.26. The summed E-state index contributed by atoms with van der Waals surface area (Å²) in [7, 11) is 1.20. The number of aromatic nitrogens is 1. The highest BCUT2D eigenvalue weighted by atomic mass is 35.7. The summed E-state index contributed by atoms with van der Waals surface area (Å²) in [6.45, 7) is 1.66. The van der Waals surface area contributed by atoms with E-state index in [9.17, 15) is 8.42 Å². The number of halogens is 1. The Hall–Kier alpha value is -1.12. The van der Waals surface area contributed by atoms with Crippen molar-refractivity contribution in [3.05, 3.63) is 23.4 Å². The molecular weight excluding hydrogens is 212 g/mol. The van der Waals surface area contributed by atoms with Gasteiger partial charge in [-0.1, -0.05) is 0 Å². The molecule has 0 bridgehead atoms. The van der Waals surface area contributed by atoms with Gasteiger partial charge >= 0.3 is 0 Å². The van der Waals surface area contributed by atoms with Crippen LogP contribution in [0.4, 0.5) is 0 Å². The molecule has 0 radical (unpaired) electrons. The van der Waals surface area contributed by atoms with E-state index in [2.05, 4.69) is 4.98 Å². The lowest BCUT2D eigenvalue weighted by atomic mass is 10.2. The maximum Gasteiger partial charge on any atom is 0.278 e. The Balaban J connectivity index is 3.41. The number of pyridine rings is 1. The smallest absolute Gasteiger partial charge is 0.243 e. The highest BCUT2D eigenvalue weighted by Crippen LogP contribution is 2.15. The van der Waals surface area contributed by atoms with Crippen LogP contribution in [0, 0.1) is 18.3 Å². The van der Waals surface area contributed by atoms with Gasteiger partial charge in [-0.25, -0.2) is 13.4 Å². The molecule has 0 saturated carbocycles. The van der Waals surface area contributed by atoms with Crippen molar-refractivity contribution in [2.24, 2.45) is 0 Å². The number of hydrogen-bond donors (Lipinski definition) is 0. The molecule has 68 valence electrons. The lowest BCUT2D eigenvalue weighted by Gasteiger charge is -1.98. The quantitative estimate of drug-likeness (QED) is 0.661. The van der Waals surface area contributed by atoms with E-state index in [1.165, 1.54) is 6.20 Å². The summed E-state index contributed by atoms with van der Waals surface area (Å²) < 4.78 is 21.6. The second-order valence-corrected chi connectivity index (χ2v) is 4.90. The van der Waals surface area contributed by atoms with Gasteiger partial charge in [0.15, 0.2) is 5.03 Å². The van der Waals surface area contributed by atoms with Crippen molar-refractivity contribution in [1.82, 2.24) is 4.98 Å². The molecule has 0 aliphatic carbocycles. The third-order valence-electron chi connectivity index (χ3n) is 1.45. The normalized spacial score (nSPS) is 10.8. The van der Waals surface area contributed by atoms with Crippen LogP contribution >= 0.6 is 10.7 Å². The number of rotatable bonds is 1. The molecule has 0 spiro atoms. The molecule has 1 heterocycles. The highest BCUT2D eigenvalue weighted by molar-refractivity contribution is 8.13. The standard InChI is InChI=1S/C7H5ClN2O2S/c1-5-4-10-7(13(8,11)12)2-6(5)3-9/h2,4H,1H3. The lowest BCUT2D eigenvalue weighted by molar-refractivity contribution is 0.606. The van der Waals surface area contributed by atoms with Crippen molar-refractivity contribution in [2.45, 2.75) is 11.9 Å². The van der Waals surface area contributed by atoms with E-state index < -0.39 is 9.05 Å². The monoisotopic (exact) mass is 216 g/mol. The van der Waals surface area contributed by atoms with Gasteiger partial charge in [0.1, 0.15) is 0 Å². The fraction of sp³-hybridized carbons (Fsp3) is 0.143. The predicted octanol–water partition coefficient (Wildman–Crippen LogP) is 1.19. The van der Waals surface area contributed by atoms with Crippen molar-refractivity contribution in [1.29, 1.82) is 5.26 Å². The number of aryl methyl sites for hydroxylation is 1. The minimum Gasteiger partial charge on any atom is -0.243 e. The van der Waals surface area contributed by atoms with Crippen molar-refractivity contribution in [2.75, 3.05) is 0 Å². The van der Waals surface area contributed by atoms with Gasteiger partial charge in [-0.3, -0.25) is 0 Å². The molecule has 0 amide bonds. The maximum atomic E-state index is 10.8. The Morgan fingerprint density at radius 1 is 1.62 bits per heavy atom. The zero-order valence-electron chi connectivity index (χ0n) is 6.65. The Morgan fingerprint density at radius 2 is 2.23 bits per heavy atom. The van der Waals surface area contributed by atoms with Crippen molar-refractivity contribution >= 4 is 19.7 Å². The summed E-state index contributed by atoms with van der Waals surface area (Å²) in [5.74, 6) is 0. The van der Waals surface area contributed by atoms with Crippen molar-refractivity contribution in [3.63, 3.8) is 0 Å². The van der Waals surface area contributed by atoms with E-state index in [0.29, 0.717) is 5.56 Å². The van der Waals surface area contributed by atoms with E-state index >= 15 is 0 Å². The number of hydrogen-bond acceptors (Lipinski definition) is 4. The fourth-order valence-corrected chi connectivity index (χ4v) is 1.45. The van der Waals surface area contributed by atoms with Gasteiger partial charge in [-0.05, 0) is 18.6 Å². The van der Waals surface area contributed by atoms with Crippen LogP contribution in [0.1, 0.15) is 11.1 Å². The molecule has 13 heavy (non-hydrogen) atoms. The Morgan fingerprint density at radius 3 is 2.69 bits per heavy atom. The van der Waals surface area contributed by atoms with Crippen LogP contribution in [0.2, 0.25) is 0 Å². The molecule has 1 aromatic rings. The van der Waals surface area contributed by atoms with Gasteiger partial charge in [-0.15, -0.1) is 0 Å². The minimum atomic E-state index is -3.84. The molecule has 0 unspecified atom stereocenters. The zero-order chi connectivity index (χ0) is 10.1. The zero-order valence-corrected chi connectivity index (χ0v) is 8.22. The average Bonchev–Trinajstić information content (AvgIpc) is 2.03.